The SMILES string of the molecule is O=c1ccn([C@@H]2O[C@H](COC(c3ccccc3)(c3ccccc3)c3ccccc3)[C@@H](O)[C@@H]2O)c(=O)[nH]1. The number of aliphatic hydroxyl groups is 2. The summed E-state index contributed by atoms with van der Waals surface area (Å²) in [5, 5.41) is 21.5. The van der Waals surface area contributed by atoms with Gasteiger partial charge in [0.1, 0.15) is 23.9 Å². The van der Waals surface area contributed by atoms with Gasteiger partial charge >= 0.3 is 5.69 Å². The van der Waals surface area contributed by atoms with Crippen molar-refractivity contribution in [2.75, 3.05) is 6.61 Å². The summed E-state index contributed by atoms with van der Waals surface area (Å²) in [5.41, 5.74) is 0.289. The van der Waals surface area contributed by atoms with Crippen LogP contribution in [0.15, 0.2) is 113 Å². The minimum absolute atomic E-state index is 0.0918. The van der Waals surface area contributed by atoms with Gasteiger partial charge in [-0.05, 0) is 16.7 Å². The number of rotatable bonds is 7. The van der Waals surface area contributed by atoms with Gasteiger partial charge in [-0.25, -0.2) is 4.79 Å². The number of ether oxygens (including phenoxy) is 2. The van der Waals surface area contributed by atoms with E-state index in [-0.39, 0.29) is 6.61 Å². The second-order valence-electron chi connectivity index (χ2n) is 8.65. The number of hydrogen-bond donors (Lipinski definition) is 3. The van der Waals surface area contributed by atoms with E-state index in [1.165, 1.54) is 6.20 Å². The normalized spacial score (nSPS) is 21.9. The molecule has 1 aromatic heterocycles. The Balaban J connectivity index is 1.52. The summed E-state index contributed by atoms with van der Waals surface area (Å²) in [4.78, 5) is 25.8. The van der Waals surface area contributed by atoms with Crippen molar-refractivity contribution in [3.05, 3.63) is 141 Å². The Hall–Kier alpha value is -3.82. The summed E-state index contributed by atoms with van der Waals surface area (Å²) >= 11 is 0. The monoisotopic (exact) mass is 486 g/mol. The smallest absolute Gasteiger partial charge is 0.330 e. The van der Waals surface area contributed by atoms with Crippen LogP contribution < -0.4 is 11.2 Å². The largest absolute Gasteiger partial charge is 0.387 e. The number of hydrogen-bond acceptors (Lipinski definition) is 6. The van der Waals surface area contributed by atoms with Gasteiger partial charge in [-0.15, -0.1) is 0 Å². The third kappa shape index (κ3) is 4.31. The highest BCUT2D eigenvalue weighted by atomic mass is 16.6. The molecule has 0 spiro atoms. The lowest BCUT2D eigenvalue weighted by Gasteiger charge is -2.37. The molecule has 5 rings (SSSR count). The molecule has 184 valence electrons. The summed E-state index contributed by atoms with van der Waals surface area (Å²) in [6.45, 7) is -0.0918. The fourth-order valence-corrected chi connectivity index (χ4v) is 4.70. The van der Waals surface area contributed by atoms with E-state index >= 15 is 0 Å². The predicted molar refractivity (Wildman–Crippen MR) is 132 cm³/mol. The van der Waals surface area contributed by atoms with Gasteiger partial charge in [-0.3, -0.25) is 14.3 Å². The Morgan fingerprint density at radius 3 is 1.75 bits per heavy atom. The summed E-state index contributed by atoms with van der Waals surface area (Å²) in [6, 6.07) is 30.4. The van der Waals surface area contributed by atoms with Gasteiger partial charge in [0.2, 0.25) is 0 Å². The van der Waals surface area contributed by atoms with Crippen molar-refractivity contribution in [3.63, 3.8) is 0 Å². The van der Waals surface area contributed by atoms with Gasteiger partial charge in [0.05, 0.1) is 6.61 Å². The quantitative estimate of drug-likeness (QED) is 0.345. The standard InChI is InChI=1S/C28H26N2O6/c31-23-16-17-30(27(34)29-23)26-25(33)24(32)22(36-26)18-35-28(19-10-4-1-5-11-19,20-12-6-2-7-13-20)21-14-8-3-9-15-21/h1-17,22,24-26,32-33H,18H2,(H,29,31,34)/t22-,24-,25+,26-/m1/s1. The van der Waals surface area contributed by atoms with Gasteiger partial charge in [0, 0.05) is 12.3 Å². The molecule has 1 fully saturated rings. The van der Waals surface area contributed by atoms with Crippen molar-refractivity contribution in [3.8, 4) is 0 Å². The van der Waals surface area contributed by atoms with Crippen LogP contribution in [-0.2, 0) is 15.1 Å². The first-order chi connectivity index (χ1) is 17.5. The van der Waals surface area contributed by atoms with Crippen molar-refractivity contribution in [1.29, 1.82) is 0 Å². The summed E-state index contributed by atoms with van der Waals surface area (Å²) in [7, 11) is 0. The molecule has 0 radical (unpaired) electrons. The predicted octanol–water partition coefficient (Wildman–Crippen LogP) is 2.16. The fourth-order valence-electron chi connectivity index (χ4n) is 4.70. The highest BCUT2D eigenvalue weighted by molar-refractivity contribution is 5.47. The zero-order valence-electron chi connectivity index (χ0n) is 19.3. The molecule has 0 saturated carbocycles. The number of nitrogens with zero attached hydrogens (tertiary/aromatic N) is 1. The lowest BCUT2D eigenvalue weighted by atomic mass is 9.80. The third-order valence-corrected chi connectivity index (χ3v) is 6.47. The number of benzene rings is 3. The number of H-pyrrole nitrogens is 1. The van der Waals surface area contributed by atoms with Crippen LogP contribution in [0.25, 0.3) is 0 Å². The highest BCUT2D eigenvalue weighted by Crippen LogP contribution is 2.41. The van der Waals surface area contributed by atoms with Crippen LogP contribution in [0.3, 0.4) is 0 Å². The van der Waals surface area contributed by atoms with Crippen LogP contribution in [-0.4, -0.2) is 44.7 Å². The highest BCUT2D eigenvalue weighted by Gasteiger charge is 2.46. The maximum atomic E-state index is 12.3. The van der Waals surface area contributed by atoms with Crippen LogP contribution in [0.2, 0.25) is 0 Å². The molecular weight excluding hydrogens is 460 g/mol. The molecule has 3 aromatic carbocycles. The van der Waals surface area contributed by atoms with Gasteiger partial charge in [0.25, 0.3) is 5.56 Å². The Bertz CT molecular complexity index is 1310. The zero-order chi connectivity index (χ0) is 25.1. The molecule has 0 amide bonds. The van der Waals surface area contributed by atoms with Gasteiger partial charge in [-0.2, -0.15) is 0 Å². The molecule has 0 bridgehead atoms. The van der Waals surface area contributed by atoms with E-state index in [2.05, 4.69) is 4.98 Å². The molecule has 0 aliphatic carbocycles. The Kier molecular flexibility index (Phi) is 6.67. The van der Waals surface area contributed by atoms with Gasteiger partial charge < -0.3 is 19.7 Å². The topological polar surface area (TPSA) is 114 Å². The molecule has 4 atom stereocenters. The van der Waals surface area contributed by atoms with Crippen molar-refractivity contribution < 1.29 is 19.7 Å². The van der Waals surface area contributed by atoms with E-state index in [9.17, 15) is 19.8 Å². The zero-order valence-corrected chi connectivity index (χ0v) is 19.3. The van der Waals surface area contributed by atoms with Crippen molar-refractivity contribution in [2.24, 2.45) is 0 Å². The van der Waals surface area contributed by atoms with Crippen molar-refractivity contribution in [1.82, 2.24) is 9.55 Å². The molecule has 36 heavy (non-hydrogen) atoms. The molecular formula is C28H26N2O6. The summed E-state index contributed by atoms with van der Waals surface area (Å²) < 4.78 is 13.6. The second-order valence-corrected chi connectivity index (χ2v) is 8.65. The number of aliphatic hydroxyl groups excluding tert-OH is 2. The molecule has 0 unspecified atom stereocenters. The van der Waals surface area contributed by atoms with Crippen molar-refractivity contribution >= 4 is 0 Å². The van der Waals surface area contributed by atoms with Gasteiger partial charge in [0.15, 0.2) is 6.23 Å². The summed E-state index contributed by atoms with van der Waals surface area (Å²) in [6.07, 6.45) is -3.62. The number of aromatic amines is 1. The average Bonchev–Trinajstić information content (AvgIpc) is 3.19. The van der Waals surface area contributed by atoms with Crippen LogP contribution >= 0.6 is 0 Å². The first-order valence-electron chi connectivity index (χ1n) is 11.6. The number of nitrogens with one attached hydrogen (secondary N) is 1. The Labute approximate surface area is 207 Å². The molecule has 3 N–H and O–H groups in total. The number of aromatic nitrogens is 2. The summed E-state index contributed by atoms with van der Waals surface area (Å²) in [5.74, 6) is 0. The van der Waals surface area contributed by atoms with Crippen LogP contribution in [0.1, 0.15) is 22.9 Å². The molecule has 8 nitrogen and oxygen atoms in total. The minimum Gasteiger partial charge on any atom is -0.387 e. The Morgan fingerprint density at radius 1 is 0.778 bits per heavy atom. The van der Waals surface area contributed by atoms with E-state index < -0.39 is 41.4 Å². The van der Waals surface area contributed by atoms with E-state index in [1.54, 1.807) is 0 Å². The maximum Gasteiger partial charge on any atom is 0.330 e. The molecule has 1 saturated heterocycles. The van der Waals surface area contributed by atoms with E-state index in [1.807, 2.05) is 91.0 Å². The molecule has 1 aliphatic heterocycles. The molecule has 8 heteroatoms. The van der Waals surface area contributed by atoms with Crippen LogP contribution in [0.5, 0.6) is 0 Å². The van der Waals surface area contributed by atoms with E-state index in [4.69, 9.17) is 9.47 Å². The maximum absolute atomic E-state index is 12.3. The fraction of sp³-hybridized carbons (Fsp3) is 0.214. The van der Waals surface area contributed by atoms with E-state index in [0.717, 1.165) is 27.3 Å². The lowest BCUT2D eigenvalue weighted by molar-refractivity contribution is -0.0958. The minimum atomic E-state index is -1.40. The van der Waals surface area contributed by atoms with Crippen LogP contribution in [0.4, 0.5) is 0 Å². The molecule has 1 aliphatic rings. The van der Waals surface area contributed by atoms with Crippen LogP contribution in [0, 0.1) is 0 Å². The molecule has 2 heterocycles. The van der Waals surface area contributed by atoms with E-state index in [0.29, 0.717) is 0 Å². The second kappa shape index (κ2) is 10.0. The van der Waals surface area contributed by atoms with Gasteiger partial charge in [-0.1, -0.05) is 91.0 Å². The molecule has 4 aromatic rings. The lowest BCUT2D eigenvalue weighted by Crippen LogP contribution is -2.40. The first-order valence-corrected chi connectivity index (χ1v) is 11.6. The third-order valence-electron chi connectivity index (χ3n) is 6.47. The average molecular weight is 487 g/mol. The Morgan fingerprint density at radius 2 is 1.28 bits per heavy atom. The first kappa shape index (κ1) is 23.9. The van der Waals surface area contributed by atoms with Crippen molar-refractivity contribution in [2.45, 2.75) is 30.1 Å².